The van der Waals surface area contributed by atoms with E-state index in [1.165, 1.54) is 18.3 Å². The van der Waals surface area contributed by atoms with Crippen LogP contribution in [-0.2, 0) is 0 Å². The second-order valence-corrected chi connectivity index (χ2v) is 5.81. The first-order valence-corrected chi connectivity index (χ1v) is 7.01. The van der Waals surface area contributed by atoms with Gasteiger partial charge in [0.25, 0.3) is 5.91 Å². The summed E-state index contributed by atoms with van der Waals surface area (Å²) < 4.78 is 0. The fourth-order valence-electron chi connectivity index (χ4n) is 2.37. The van der Waals surface area contributed by atoms with Crippen molar-refractivity contribution in [3.05, 3.63) is 21.9 Å². The van der Waals surface area contributed by atoms with Gasteiger partial charge >= 0.3 is 0 Å². The first-order valence-electron chi connectivity index (χ1n) is 6.13. The summed E-state index contributed by atoms with van der Waals surface area (Å²) in [7, 11) is 0. The third-order valence-corrected chi connectivity index (χ3v) is 4.39. The predicted molar refractivity (Wildman–Crippen MR) is 72.0 cm³/mol. The summed E-state index contributed by atoms with van der Waals surface area (Å²) in [5.41, 5.74) is 6.28. The Morgan fingerprint density at radius 3 is 2.78 bits per heavy atom. The van der Waals surface area contributed by atoms with Crippen molar-refractivity contribution in [1.29, 1.82) is 0 Å². The molecule has 1 amide bonds. The molecule has 0 bridgehead atoms. The van der Waals surface area contributed by atoms with Crippen LogP contribution in [0.1, 0.15) is 40.3 Å². The number of carbonyl (C=O) groups is 2. The minimum absolute atomic E-state index is 0.000366. The molecule has 2 rings (SSSR count). The summed E-state index contributed by atoms with van der Waals surface area (Å²) in [4.78, 5) is 26.1. The molecule has 1 aromatic heterocycles. The second kappa shape index (κ2) is 5.20. The van der Waals surface area contributed by atoms with Crippen LogP contribution in [0.2, 0.25) is 0 Å². The average molecular weight is 266 g/mol. The molecule has 0 saturated carbocycles. The molecule has 4 nitrogen and oxygen atoms in total. The van der Waals surface area contributed by atoms with Gasteiger partial charge in [0.15, 0.2) is 5.78 Å². The largest absolute Gasteiger partial charge is 0.335 e. The van der Waals surface area contributed by atoms with E-state index < -0.39 is 0 Å². The van der Waals surface area contributed by atoms with Crippen LogP contribution in [0, 0.1) is 5.92 Å². The van der Waals surface area contributed by atoms with E-state index in [4.69, 9.17) is 5.73 Å². The van der Waals surface area contributed by atoms with Crippen molar-refractivity contribution in [2.24, 2.45) is 11.7 Å². The summed E-state index contributed by atoms with van der Waals surface area (Å²) in [6.07, 6.45) is 0.965. The molecule has 1 aromatic rings. The van der Waals surface area contributed by atoms with E-state index in [0.29, 0.717) is 22.9 Å². The number of ketones is 1. The van der Waals surface area contributed by atoms with E-state index in [0.717, 1.165) is 13.0 Å². The number of hydrogen-bond donors (Lipinski definition) is 1. The highest BCUT2D eigenvalue weighted by molar-refractivity contribution is 7.12. The highest BCUT2D eigenvalue weighted by atomic mass is 32.1. The number of Topliss-reactive ketones (excluding diaryl/α,β-unsaturated/α-hetero) is 1. The summed E-state index contributed by atoms with van der Waals surface area (Å²) in [5.74, 6) is 0.423. The lowest BCUT2D eigenvalue weighted by Gasteiger charge is -2.20. The quantitative estimate of drug-likeness (QED) is 0.848. The van der Waals surface area contributed by atoms with E-state index >= 15 is 0 Å². The Labute approximate surface area is 111 Å². The van der Waals surface area contributed by atoms with Gasteiger partial charge in [-0.2, -0.15) is 0 Å². The maximum absolute atomic E-state index is 12.3. The third kappa shape index (κ3) is 2.47. The van der Waals surface area contributed by atoms with Crippen LogP contribution in [0.5, 0.6) is 0 Å². The highest BCUT2D eigenvalue weighted by Crippen LogP contribution is 2.26. The molecular weight excluding hydrogens is 248 g/mol. The van der Waals surface area contributed by atoms with Crippen molar-refractivity contribution in [3.8, 4) is 0 Å². The maximum Gasteiger partial charge on any atom is 0.264 e. The topological polar surface area (TPSA) is 63.4 Å². The van der Waals surface area contributed by atoms with Crippen LogP contribution >= 0.6 is 11.3 Å². The lowest BCUT2D eigenvalue weighted by atomic mass is 10.1. The predicted octanol–water partition coefficient (Wildman–Crippen LogP) is 1.76. The second-order valence-electron chi connectivity index (χ2n) is 4.90. The number of amides is 1. The zero-order chi connectivity index (χ0) is 13.3. The Morgan fingerprint density at radius 1 is 1.56 bits per heavy atom. The summed E-state index contributed by atoms with van der Waals surface area (Å²) >= 11 is 1.34. The summed E-state index contributed by atoms with van der Waals surface area (Å²) in [6.45, 7) is 4.91. The van der Waals surface area contributed by atoms with Crippen LogP contribution in [0.25, 0.3) is 0 Å². The number of thiophene rings is 1. The van der Waals surface area contributed by atoms with E-state index in [1.54, 1.807) is 11.4 Å². The van der Waals surface area contributed by atoms with Gasteiger partial charge in [0.2, 0.25) is 0 Å². The first-order chi connectivity index (χ1) is 8.52. The molecule has 1 saturated heterocycles. The van der Waals surface area contributed by atoms with E-state index in [-0.39, 0.29) is 17.7 Å². The normalized spacial score (nSPS) is 23.4. The van der Waals surface area contributed by atoms with Gasteiger partial charge in [-0.15, -0.1) is 11.3 Å². The SMILES string of the molecule is CC(=O)c1csc(C(=O)N2CC(CN)CC2C)c1. The third-order valence-electron chi connectivity index (χ3n) is 3.47. The van der Waals surface area contributed by atoms with Gasteiger partial charge in [-0.1, -0.05) is 0 Å². The van der Waals surface area contributed by atoms with Crippen LogP contribution in [-0.4, -0.2) is 35.7 Å². The van der Waals surface area contributed by atoms with Crippen LogP contribution < -0.4 is 5.73 Å². The van der Waals surface area contributed by atoms with Crippen LogP contribution in [0.3, 0.4) is 0 Å². The van der Waals surface area contributed by atoms with Crippen LogP contribution in [0.15, 0.2) is 11.4 Å². The van der Waals surface area contributed by atoms with E-state index in [1.807, 2.05) is 11.8 Å². The van der Waals surface area contributed by atoms with Crippen molar-refractivity contribution >= 4 is 23.0 Å². The Balaban J connectivity index is 2.13. The van der Waals surface area contributed by atoms with Crippen molar-refractivity contribution in [2.75, 3.05) is 13.1 Å². The first kappa shape index (κ1) is 13.2. The maximum atomic E-state index is 12.3. The number of nitrogens with two attached hydrogens (primary N) is 1. The number of carbonyl (C=O) groups excluding carboxylic acids is 2. The lowest BCUT2D eigenvalue weighted by molar-refractivity contribution is 0.0748. The van der Waals surface area contributed by atoms with Gasteiger partial charge in [-0.3, -0.25) is 9.59 Å². The molecular formula is C13H18N2O2S. The standard InChI is InChI=1S/C13H18N2O2S/c1-8-3-10(5-14)6-15(8)13(17)12-4-11(7-18-12)9(2)16/h4,7-8,10H,3,5-6,14H2,1-2H3. The van der Waals surface area contributed by atoms with Gasteiger partial charge in [-0.25, -0.2) is 0 Å². The Hall–Kier alpha value is -1.20. The average Bonchev–Trinajstić information content (AvgIpc) is 2.94. The molecule has 5 heteroatoms. The summed E-state index contributed by atoms with van der Waals surface area (Å²) in [5, 5.41) is 1.75. The van der Waals surface area contributed by atoms with Gasteiger partial charge in [0, 0.05) is 23.5 Å². The fourth-order valence-corrected chi connectivity index (χ4v) is 3.27. The number of hydrogen-bond acceptors (Lipinski definition) is 4. The molecule has 1 fully saturated rings. The molecule has 18 heavy (non-hydrogen) atoms. The fraction of sp³-hybridized carbons (Fsp3) is 0.538. The minimum Gasteiger partial charge on any atom is -0.335 e. The monoisotopic (exact) mass is 266 g/mol. The zero-order valence-corrected chi connectivity index (χ0v) is 11.5. The Morgan fingerprint density at radius 2 is 2.28 bits per heavy atom. The van der Waals surface area contributed by atoms with Crippen LogP contribution in [0.4, 0.5) is 0 Å². The van der Waals surface area contributed by atoms with E-state index in [2.05, 4.69) is 0 Å². The molecule has 0 radical (unpaired) electrons. The molecule has 1 aliphatic rings. The van der Waals surface area contributed by atoms with Gasteiger partial charge in [0.05, 0.1) is 4.88 Å². The lowest BCUT2D eigenvalue weighted by Crippen LogP contribution is -2.33. The molecule has 2 unspecified atom stereocenters. The van der Waals surface area contributed by atoms with Crippen molar-refractivity contribution in [2.45, 2.75) is 26.3 Å². The molecule has 2 N–H and O–H groups in total. The summed E-state index contributed by atoms with van der Waals surface area (Å²) in [6, 6.07) is 1.92. The van der Waals surface area contributed by atoms with Gasteiger partial charge in [-0.05, 0) is 38.8 Å². The molecule has 2 atom stereocenters. The van der Waals surface area contributed by atoms with Crippen molar-refractivity contribution in [3.63, 3.8) is 0 Å². The molecule has 1 aliphatic heterocycles. The molecule has 0 aliphatic carbocycles. The number of nitrogens with zero attached hydrogens (tertiary/aromatic N) is 1. The van der Waals surface area contributed by atoms with Crippen molar-refractivity contribution < 1.29 is 9.59 Å². The van der Waals surface area contributed by atoms with Crippen molar-refractivity contribution in [1.82, 2.24) is 4.90 Å². The van der Waals surface area contributed by atoms with Gasteiger partial charge < -0.3 is 10.6 Å². The highest BCUT2D eigenvalue weighted by Gasteiger charge is 2.32. The minimum atomic E-state index is -0.000366. The molecule has 2 heterocycles. The number of likely N-dealkylation sites (tertiary alicyclic amines) is 1. The van der Waals surface area contributed by atoms with E-state index in [9.17, 15) is 9.59 Å². The molecule has 0 aromatic carbocycles. The van der Waals surface area contributed by atoms with Gasteiger partial charge in [0.1, 0.15) is 0 Å². The molecule has 98 valence electrons. The molecule has 0 spiro atoms. The number of rotatable bonds is 3. The zero-order valence-electron chi connectivity index (χ0n) is 10.7. The Kier molecular flexibility index (Phi) is 3.82. The smallest absolute Gasteiger partial charge is 0.264 e. The Bertz CT molecular complexity index is 469.